The van der Waals surface area contributed by atoms with Gasteiger partial charge in [-0.2, -0.15) is 0 Å². The van der Waals surface area contributed by atoms with Crippen molar-refractivity contribution in [3.63, 3.8) is 0 Å². The molecule has 0 bridgehead atoms. The number of carbonyl (C=O) groups is 1. The van der Waals surface area contributed by atoms with Crippen molar-refractivity contribution in [2.24, 2.45) is 0 Å². The lowest BCUT2D eigenvalue weighted by Crippen LogP contribution is -2.30. The van der Waals surface area contributed by atoms with Gasteiger partial charge in [-0.15, -0.1) is 21.5 Å². The topological polar surface area (TPSA) is 69.0 Å². The normalized spacial score (nSPS) is 12.0. The average molecular weight is 479 g/mol. The Morgan fingerprint density at radius 3 is 2.45 bits per heavy atom. The monoisotopic (exact) mass is 478 g/mol. The molecular weight excluding hydrogens is 452 g/mol. The summed E-state index contributed by atoms with van der Waals surface area (Å²) in [6, 6.07) is 20.0. The summed E-state index contributed by atoms with van der Waals surface area (Å²) < 4.78 is 7.08. The molecular formula is C25H26N4O2S2. The number of amides is 1. The molecule has 2 heterocycles. The molecule has 2 aromatic carbocycles. The van der Waals surface area contributed by atoms with Gasteiger partial charge in [-0.25, -0.2) is 0 Å². The quantitative estimate of drug-likeness (QED) is 0.324. The molecule has 170 valence electrons. The first-order chi connectivity index (χ1) is 16.0. The number of nitrogens with zero attached hydrogens (tertiary/aromatic N) is 3. The van der Waals surface area contributed by atoms with Gasteiger partial charge in [0.05, 0.1) is 18.9 Å². The van der Waals surface area contributed by atoms with E-state index in [4.69, 9.17) is 4.74 Å². The van der Waals surface area contributed by atoms with Crippen LogP contribution in [-0.2, 0) is 4.79 Å². The second kappa shape index (κ2) is 10.7. The predicted molar refractivity (Wildman–Crippen MR) is 133 cm³/mol. The molecule has 33 heavy (non-hydrogen) atoms. The summed E-state index contributed by atoms with van der Waals surface area (Å²) >= 11 is 3.00. The first kappa shape index (κ1) is 23.1. The van der Waals surface area contributed by atoms with E-state index in [0.29, 0.717) is 11.1 Å². The zero-order valence-electron chi connectivity index (χ0n) is 18.8. The highest BCUT2D eigenvalue weighted by Gasteiger charge is 2.19. The molecule has 8 heteroatoms. The van der Waals surface area contributed by atoms with Crippen LogP contribution in [0.15, 0.2) is 77.5 Å². The Labute approximate surface area is 202 Å². The summed E-state index contributed by atoms with van der Waals surface area (Å²) in [6.07, 6.45) is 1.65. The molecule has 0 radical (unpaired) electrons. The minimum absolute atomic E-state index is 0.0596. The first-order valence-electron chi connectivity index (χ1n) is 10.6. The van der Waals surface area contributed by atoms with Crippen molar-refractivity contribution in [2.45, 2.75) is 31.0 Å². The molecule has 0 fully saturated rings. The fourth-order valence-electron chi connectivity index (χ4n) is 3.42. The SMILES string of the molecule is COc1ccc(-n2cnnc2SCC(=O)NC(c2ccc(C(C)C)cc2)c2cccs2)cc1. The number of thiophene rings is 1. The predicted octanol–water partition coefficient (Wildman–Crippen LogP) is 5.46. The van der Waals surface area contributed by atoms with E-state index in [1.54, 1.807) is 24.8 Å². The van der Waals surface area contributed by atoms with Crippen molar-refractivity contribution in [3.05, 3.63) is 88.4 Å². The molecule has 4 aromatic rings. The molecule has 0 saturated carbocycles. The van der Waals surface area contributed by atoms with Crippen LogP contribution in [-0.4, -0.2) is 33.5 Å². The average Bonchev–Trinajstić information content (AvgIpc) is 3.54. The zero-order valence-corrected chi connectivity index (χ0v) is 20.4. The number of nitrogens with one attached hydrogen (secondary N) is 1. The molecule has 0 aliphatic rings. The van der Waals surface area contributed by atoms with Crippen LogP contribution in [0.25, 0.3) is 5.69 Å². The first-order valence-corrected chi connectivity index (χ1v) is 12.5. The molecule has 4 rings (SSSR count). The Hall–Kier alpha value is -3.10. The minimum atomic E-state index is -0.182. The van der Waals surface area contributed by atoms with Crippen molar-refractivity contribution in [2.75, 3.05) is 12.9 Å². The summed E-state index contributed by atoms with van der Waals surface area (Å²) in [5.41, 5.74) is 3.26. The van der Waals surface area contributed by atoms with Crippen LogP contribution in [0, 0.1) is 0 Å². The van der Waals surface area contributed by atoms with Gasteiger partial charge in [0.1, 0.15) is 12.1 Å². The van der Waals surface area contributed by atoms with E-state index >= 15 is 0 Å². The van der Waals surface area contributed by atoms with Crippen molar-refractivity contribution in [3.8, 4) is 11.4 Å². The minimum Gasteiger partial charge on any atom is -0.497 e. The number of hydrogen-bond acceptors (Lipinski definition) is 6. The van der Waals surface area contributed by atoms with Gasteiger partial charge in [-0.05, 0) is 52.8 Å². The number of aromatic nitrogens is 3. The maximum Gasteiger partial charge on any atom is 0.231 e. The molecule has 1 atom stereocenters. The Morgan fingerprint density at radius 1 is 1.09 bits per heavy atom. The Bertz CT molecular complexity index is 1170. The number of thioether (sulfide) groups is 1. The number of hydrogen-bond donors (Lipinski definition) is 1. The molecule has 1 amide bonds. The van der Waals surface area contributed by atoms with E-state index in [2.05, 4.69) is 59.7 Å². The van der Waals surface area contributed by atoms with Gasteiger partial charge in [-0.3, -0.25) is 9.36 Å². The third-order valence-corrected chi connectivity index (χ3v) is 7.15. The zero-order chi connectivity index (χ0) is 23.2. The molecule has 0 aliphatic carbocycles. The second-order valence-corrected chi connectivity index (χ2v) is 9.73. The highest BCUT2D eigenvalue weighted by atomic mass is 32.2. The third-order valence-electron chi connectivity index (χ3n) is 5.27. The van der Waals surface area contributed by atoms with E-state index < -0.39 is 0 Å². The highest BCUT2D eigenvalue weighted by molar-refractivity contribution is 7.99. The van der Waals surface area contributed by atoms with Crippen LogP contribution in [0.2, 0.25) is 0 Å². The Morgan fingerprint density at radius 2 is 1.82 bits per heavy atom. The van der Waals surface area contributed by atoms with Gasteiger partial charge in [0, 0.05) is 10.6 Å². The number of benzene rings is 2. The maximum absolute atomic E-state index is 12.9. The Balaban J connectivity index is 1.45. The lowest BCUT2D eigenvalue weighted by molar-refractivity contribution is -0.119. The van der Waals surface area contributed by atoms with Crippen molar-refractivity contribution in [1.29, 1.82) is 0 Å². The number of rotatable bonds is 9. The van der Waals surface area contributed by atoms with Crippen LogP contribution in [0.1, 0.15) is 41.8 Å². The maximum atomic E-state index is 12.9. The molecule has 0 aliphatic heterocycles. The van der Waals surface area contributed by atoms with Crippen LogP contribution in [0.3, 0.4) is 0 Å². The molecule has 6 nitrogen and oxygen atoms in total. The Kier molecular flexibility index (Phi) is 7.47. The van der Waals surface area contributed by atoms with E-state index in [1.165, 1.54) is 17.3 Å². The largest absolute Gasteiger partial charge is 0.497 e. The van der Waals surface area contributed by atoms with Crippen LogP contribution in [0.5, 0.6) is 5.75 Å². The summed E-state index contributed by atoms with van der Waals surface area (Å²) in [7, 11) is 1.63. The standard InChI is InChI=1S/C25H26N4O2S2/c1-17(2)18-6-8-19(9-7-18)24(22-5-4-14-32-22)27-23(30)15-33-25-28-26-16-29(25)20-10-12-21(31-3)13-11-20/h4-14,16-17,24H,15H2,1-3H3,(H,27,30). The van der Waals surface area contributed by atoms with Crippen LogP contribution >= 0.6 is 23.1 Å². The van der Waals surface area contributed by atoms with Gasteiger partial charge in [-0.1, -0.05) is 55.9 Å². The summed E-state index contributed by atoms with van der Waals surface area (Å²) in [5.74, 6) is 1.42. The lowest BCUT2D eigenvalue weighted by Gasteiger charge is -2.19. The highest BCUT2D eigenvalue weighted by Crippen LogP contribution is 2.28. The van der Waals surface area contributed by atoms with Crippen LogP contribution in [0.4, 0.5) is 0 Å². The van der Waals surface area contributed by atoms with Gasteiger partial charge in [0.15, 0.2) is 5.16 Å². The van der Waals surface area contributed by atoms with Gasteiger partial charge >= 0.3 is 0 Å². The van der Waals surface area contributed by atoms with E-state index in [1.807, 2.05) is 40.3 Å². The second-order valence-electron chi connectivity index (χ2n) is 7.81. The number of carbonyl (C=O) groups excluding carboxylic acids is 1. The fourth-order valence-corrected chi connectivity index (χ4v) is 4.97. The molecule has 0 saturated heterocycles. The van der Waals surface area contributed by atoms with Crippen molar-refractivity contribution in [1.82, 2.24) is 20.1 Å². The molecule has 1 N–H and O–H groups in total. The van der Waals surface area contributed by atoms with Gasteiger partial charge < -0.3 is 10.1 Å². The van der Waals surface area contributed by atoms with Gasteiger partial charge in [0.2, 0.25) is 5.91 Å². The molecule has 2 aromatic heterocycles. The summed E-state index contributed by atoms with van der Waals surface area (Å²) in [4.78, 5) is 14.0. The summed E-state index contributed by atoms with van der Waals surface area (Å²) in [6.45, 7) is 4.35. The smallest absolute Gasteiger partial charge is 0.231 e. The fraction of sp³-hybridized carbons (Fsp3) is 0.240. The van der Waals surface area contributed by atoms with Gasteiger partial charge in [0.25, 0.3) is 0 Å². The van der Waals surface area contributed by atoms with E-state index in [0.717, 1.165) is 21.9 Å². The number of ether oxygens (including phenoxy) is 1. The van der Waals surface area contributed by atoms with Crippen LogP contribution < -0.4 is 10.1 Å². The van der Waals surface area contributed by atoms with Crippen molar-refractivity contribution < 1.29 is 9.53 Å². The molecule has 1 unspecified atom stereocenters. The van der Waals surface area contributed by atoms with E-state index in [9.17, 15) is 4.79 Å². The third kappa shape index (κ3) is 5.64. The summed E-state index contributed by atoms with van der Waals surface area (Å²) in [5, 5.41) is 14.1. The van der Waals surface area contributed by atoms with E-state index in [-0.39, 0.29) is 17.7 Å². The lowest BCUT2D eigenvalue weighted by atomic mass is 9.98. The molecule has 0 spiro atoms. The number of methoxy groups -OCH3 is 1. The van der Waals surface area contributed by atoms with Crippen molar-refractivity contribution >= 4 is 29.0 Å².